The summed E-state index contributed by atoms with van der Waals surface area (Å²) in [5, 5.41) is 18.3. The lowest BCUT2D eigenvalue weighted by Gasteiger charge is -2.20. The van der Waals surface area contributed by atoms with Crippen LogP contribution in [0.5, 0.6) is 0 Å². The number of phosphoric ester groups is 1. The van der Waals surface area contributed by atoms with Gasteiger partial charge in [0.25, 0.3) is 0 Å². The number of ether oxygens (including phenoxy) is 2. The van der Waals surface area contributed by atoms with Gasteiger partial charge < -0.3 is 24.6 Å². The number of carbonyl (C=O) groups excluding carboxylic acids is 2. The molecule has 0 heterocycles. The third-order valence-corrected chi connectivity index (χ3v) is 9.60. The van der Waals surface area contributed by atoms with Crippen LogP contribution in [-0.2, 0) is 32.7 Å². The molecule has 0 rings (SSSR count). The first-order valence-corrected chi connectivity index (χ1v) is 21.6. The van der Waals surface area contributed by atoms with Crippen molar-refractivity contribution in [3.05, 3.63) is 12.2 Å². The smallest absolute Gasteiger partial charge is 0.462 e. The first-order chi connectivity index (χ1) is 24.2. The molecule has 0 saturated heterocycles. The maximum absolute atomic E-state index is 12.5. The summed E-state index contributed by atoms with van der Waals surface area (Å²) in [5.74, 6) is -0.930. The van der Waals surface area contributed by atoms with Crippen LogP contribution in [0.3, 0.4) is 0 Å². The molecule has 0 saturated carbocycles. The van der Waals surface area contributed by atoms with E-state index in [2.05, 4.69) is 30.5 Å². The van der Waals surface area contributed by atoms with Gasteiger partial charge in [-0.1, -0.05) is 154 Å². The van der Waals surface area contributed by atoms with Gasteiger partial charge in [0.15, 0.2) is 6.10 Å². The van der Waals surface area contributed by atoms with Gasteiger partial charge in [-0.15, -0.1) is 0 Å². The van der Waals surface area contributed by atoms with Crippen LogP contribution in [0.25, 0.3) is 0 Å². The second-order valence-corrected chi connectivity index (χ2v) is 15.1. The minimum absolute atomic E-state index is 0.177. The molecule has 0 aromatic heterocycles. The van der Waals surface area contributed by atoms with E-state index in [-0.39, 0.29) is 19.4 Å². The summed E-state index contributed by atoms with van der Waals surface area (Å²) in [7, 11) is -4.61. The highest BCUT2D eigenvalue weighted by Gasteiger charge is 2.27. The van der Waals surface area contributed by atoms with Crippen LogP contribution in [0.1, 0.15) is 187 Å². The van der Waals surface area contributed by atoms with Crippen LogP contribution in [0.15, 0.2) is 12.2 Å². The quantitative estimate of drug-likeness (QED) is 0.0242. The fourth-order valence-electron chi connectivity index (χ4n) is 5.52. The number of phosphoric acid groups is 1. The first-order valence-electron chi connectivity index (χ1n) is 20.1. The zero-order valence-electron chi connectivity index (χ0n) is 31.9. The van der Waals surface area contributed by atoms with Crippen LogP contribution in [0.2, 0.25) is 0 Å². The fraction of sp³-hybridized carbons (Fsp3) is 0.897. The highest BCUT2D eigenvalue weighted by molar-refractivity contribution is 7.47. The summed E-state index contributed by atoms with van der Waals surface area (Å²) in [4.78, 5) is 34.8. The predicted molar refractivity (Wildman–Crippen MR) is 201 cm³/mol. The van der Waals surface area contributed by atoms with E-state index in [1.165, 1.54) is 83.5 Å². The van der Waals surface area contributed by atoms with Crippen molar-refractivity contribution in [2.24, 2.45) is 0 Å². The minimum atomic E-state index is -4.61. The van der Waals surface area contributed by atoms with Gasteiger partial charge in [-0.3, -0.25) is 18.6 Å². The first kappa shape index (κ1) is 48.7. The van der Waals surface area contributed by atoms with E-state index in [0.717, 1.165) is 64.2 Å². The van der Waals surface area contributed by atoms with E-state index in [1.54, 1.807) is 0 Å². The van der Waals surface area contributed by atoms with Gasteiger partial charge in [-0.2, -0.15) is 0 Å². The molecule has 0 aliphatic carbocycles. The number of aliphatic hydroxyl groups is 2. The van der Waals surface area contributed by atoms with Crippen molar-refractivity contribution in [1.29, 1.82) is 0 Å². The standard InChI is InChI=1S/C39H75O10P/c1-3-5-7-9-11-13-15-16-17-18-19-20-21-23-24-26-28-30-38(42)46-34-37(35-48-50(44,45)47-33-36(41)32-40)49-39(43)31-29-27-25-22-14-12-10-8-6-4-2/h8,10,36-37,40-41H,3-7,9,11-35H2,1-2H3,(H,44,45)/b10-8-. The maximum Gasteiger partial charge on any atom is 0.472 e. The molecule has 0 fully saturated rings. The number of unbranched alkanes of at least 4 members (excludes halogenated alkanes) is 22. The Hall–Kier alpha value is -1.29. The number of allylic oxidation sites excluding steroid dienone is 2. The monoisotopic (exact) mass is 735 g/mol. The summed E-state index contributed by atoms with van der Waals surface area (Å²) in [5.41, 5.74) is 0. The molecule has 3 N–H and O–H groups in total. The molecular formula is C39H75O10P. The molecule has 0 aliphatic heterocycles. The molecule has 0 radical (unpaired) electrons. The largest absolute Gasteiger partial charge is 0.472 e. The second-order valence-electron chi connectivity index (χ2n) is 13.7. The average molecular weight is 735 g/mol. The summed E-state index contributed by atoms with van der Waals surface area (Å²) >= 11 is 0. The van der Waals surface area contributed by atoms with Gasteiger partial charge in [0.2, 0.25) is 0 Å². The van der Waals surface area contributed by atoms with Crippen molar-refractivity contribution >= 4 is 19.8 Å². The lowest BCUT2D eigenvalue weighted by Crippen LogP contribution is -2.29. The number of hydrogen-bond acceptors (Lipinski definition) is 9. The van der Waals surface area contributed by atoms with Gasteiger partial charge in [0.05, 0.1) is 19.8 Å². The topological polar surface area (TPSA) is 149 Å². The van der Waals surface area contributed by atoms with Gasteiger partial charge in [-0.05, 0) is 32.1 Å². The number of aliphatic hydroxyl groups excluding tert-OH is 2. The molecule has 0 bridgehead atoms. The number of rotatable bonds is 38. The molecule has 11 heteroatoms. The van der Waals surface area contributed by atoms with Crippen molar-refractivity contribution in [3.63, 3.8) is 0 Å². The van der Waals surface area contributed by atoms with E-state index in [0.29, 0.717) is 12.8 Å². The van der Waals surface area contributed by atoms with E-state index >= 15 is 0 Å². The van der Waals surface area contributed by atoms with E-state index in [9.17, 15) is 24.2 Å². The zero-order chi connectivity index (χ0) is 37.0. The second kappa shape index (κ2) is 36.1. The summed E-state index contributed by atoms with van der Waals surface area (Å²) in [6.45, 7) is 2.31. The van der Waals surface area contributed by atoms with Crippen molar-refractivity contribution < 1.29 is 47.8 Å². The zero-order valence-corrected chi connectivity index (χ0v) is 32.8. The predicted octanol–water partition coefficient (Wildman–Crippen LogP) is 10.1. The molecule has 50 heavy (non-hydrogen) atoms. The molecule has 0 aliphatic rings. The molecule has 3 atom stereocenters. The average Bonchev–Trinajstić information content (AvgIpc) is 3.10. The normalized spacial score (nSPS) is 14.1. The Morgan fingerprint density at radius 1 is 0.580 bits per heavy atom. The lowest BCUT2D eigenvalue weighted by atomic mass is 10.0. The molecule has 0 amide bonds. The molecular weight excluding hydrogens is 659 g/mol. The van der Waals surface area contributed by atoms with Crippen LogP contribution < -0.4 is 0 Å². The van der Waals surface area contributed by atoms with Crippen LogP contribution >= 0.6 is 7.82 Å². The van der Waals surface area contributed by atoms with E-state index < -0.39 is 51.8 Å². The van der Waals surface area contributed by atoms with E-state index in [4.69, 9.17) is 19.1 Å². The number of esters is 2. The fourth-order valence-corrected chi connectivity index (χ4v) is 6.31. The molecule has 3 unspecified atom stereocenters. The highest BCUT2D eigenvalue weighted by Crippen LogP contribution is 2.43. The highest BCUT2D eigenvalue weighted by atomic mass is 31.2. The van der Waals surface area contributed by atoms with Crippen molar-refractivity contribution in [2.45, 2.75) is 199 Å². The molecule has 10 nitrogen and oxygen atoms in total. The Labute approximate surface area is 305 Å². The minimum Gasteiger partial charge on any atom is -0.462 e. The Morgan fingerprint density at radius 2 is 1.02 bits per heavy atom. The Bertz CT molecular complexity index is 853. The van der Waals surface area contributed by atoms with Crippen LogP contribution in [0, 0.1) is 0 Å². The Balaban J connectivity index is 4.24. The van der Waals surface area contributed by atoms with Crippen LogP contribution in [0.4, 0.5) is 0 Å². The Morgan fingerprint density at radius 3 is 1.52 bits per heavy atom. The molecule has 0 aromatic rings. The third-order valence-electron chi connectivity index (χ3n) is 8.65. The van der Waals surface area contributed by atoms with E-state index in [1.807, 2.05) is 0 Å². The van der Waals surface area contributed by atoms with Crippen LogP contribution in [-0.4, -0.2) is 65.7 Å². The lowest BCUT2D eigenvalue weighted by molar-refractivity contribution is -0.161. The SMILES string of the molecule is CCC/C=C\CCCCCCCC(=O)OC(COC(=O)CCCCCCCCCCCCCCCCCCC)COP(=O)(O)OCC(O)CO. The third kappa shape index (κ3) is 35.1. The number of carbonyl (C=O) groups is 2. The summed E-state index contributed by atoms with van der Waals surface area (Å²) < 4.78 is 32.6. The van der Waals surface area contributed by atoms with Crippen molar-refractivity contribution in [1.82, 2.24) is 0 Å². The Kier molecular flexibility index (Phi) is 35.2. The van der Waals surface area contributed by atoms with Gasteiger partial charge in [0.1, 0.15) is 12.7 Å². The molecule has 0 aromatic carbocycles. The van der Waals surface area contributed by atoms with Gasteiger partial charge >= 0.3 is 19.8 Å². The number of hydrogen-bond donors (Lipinski definition) is 3. The van der Waals surface area contributed by atoms with Crippen molar-refractivity contribution in [3.8, 4) is 0 Å². The van der Waals surface area contributed by atoms with Gasteiger partial charge in [0, 0.05) is 12.8 Å². The summed E-state index contributed by atoms with van der Waals surface area (Å²) in [6.07, 6.45) is 31.9. The van der Waals surface area contributed by atoms with Crippen molar-refractivity contribution in [2.75, 3.05) is 26.4 Å². The molecule has 296 valence electrons. The van der Waals surface area contributed by atoms with Gasteiger partial charge in [-0.25, -0.2) is 4.57 Å². The summed E-state index contributed by atoms with van der Waals surface area (Å²) in [6, 6.07) is 0. The maximum atomic E-state index is 12.5. The molecule has 0 spiro atoms.